The van der Waals surface area contributed by atoms with Crippen LogP contribution < -0.4 is 30.3 Å². The van der Waals surface area contributed by atoms with Crippen LogP contribution in [0.25, 0.3) is 27.6 Å². The molecule has 0 saturated carbocycles. The fourth-order valence-electron chi connectivity index (χ4n) is 5.27. The van der Waals surface area contributed by atoms with Crippen molar-refractivity contribution in [3.8, 4) is 5.69 Å². The molecule has 0 bridgehead atoms. The van der Waals surface area contributed by atoms with E-state index in [-0.39, 0.29) is 35.0 Å². The van der Waals surface area contributed by atoms with Crippen LogP contribution >= 0.6 is 0 Å². The summed E-state index contributed by atoms with van der Waals surface area (Å²) in [5, 5.41) is 0.691. The van der Waals surface area contributed by atoms with E-state index in [2.05, 4.69) is 108 Å². The molecule has 5 aromatic rings. The molecule has 0 radical (unpaired) electrons. The zero-order valence-corrected chi connectivity index (χ0v) is 25.8. The number of aromatic nitrogens is 3. The van der Waals surface area contributed by atoms with Gasteiger partial charge >= 0.3 is 242 Å². The van der Waals surface area contributed by atoms with Gasteiger partial charge in [-0.05, 0) is 0 Å². The summed E-state index contributed by atoms with van der Waals surface area (Å²) in [5.74, 6) is 0. The molecule has 0 saturated heterocycles. The summed E-state index contributed by atoms with van der Waals surface area (Å²) in [6.45, 7) is 8.85. The molecule has 0 unspecified atom stereocenters. The number of benzene rings is 3. The molecule has 3 aromatic carbocycles. The summed E-state index contributed by atoms with van der Waals surface area (Å²) in [5.41, 5.74) is 4.54. The molecular formula is C32H31N4OSe2+. The Morgan fingerprint density at radius 2 is 1.59 bits per heavy atom. The number of aryl methyl sites for hydroxylation is 1. The van der Waals surface area contributed by atoms with E-state index in [4.69, 9.17) is 0 Å². The molecule has 0 spiro atoms. The van der Waals surface area contributed by atoms with Crippen molar-refractivity contribution in [1.82, 2.24) is 9.13 Å². The molecular weight excluding hydrogens is 614 g/mol. The first-order valence-electron chi connectivity index (χ1n) is 13.4. The van der Waals surface area contributed by atoms with Gasteiger partial charge in [-0.3, -0.25) is 0 Å². The van der Waals surface area contributed by atoms with Crippen LogP contribution in [0.1, 0.15) is 25.3 Å². The maximum absolute atomic E-state index is 14.0. The Hall–Kier alpha value is -3.34. The number of fused-ring (bicyclic) bond motifs is 2. The van der Waals surface area contributed by atoms with Crippen LogP contribution in [-0.2, 0) is 13.1 Å². The van der Waals surface area contributed by atoms with Crippen LogP contribution in [-0.4, -0.2) is 45.1 Å². The second-order valence-electron chi connectivity index (χ2n) is 9.25. The van der Waals surface area contributed by atoms with Crippen molar-refractivity contribution in [3.63, 3.8) is 0 Å². The number of rotatable bonds is 6. The Morgan fingerprint density at radius 1 is 0.846 bits per heavy atom. The number of hydrogen-bond donors (Lipinski definition) is 0. The Bertz CT molecular complexity index is 1880. The quantitative estimate of drug-likeness (QED) is 0.210. The van der Waals surface area contributed by atoms with Gasteiger partial charge in [-0.25, -0.2) is 0 Å². The Labute approximate surface area is 240 Å². The number of para-hydroxylation sites is 3. The zero-order chi connectivity index (χ0) is 26.9. The normalized spacial score (nSPS) is 15.2. The summed E-state index contributed by atoms with van der Waals surface area (Å²) < 4.78 is 11.8. The topological polar surface area (TPSA) is 34.0 Å². The summed E-state index contributed by atoms with van der Waals surface area (Å²) in [6.07, 6.45) is 6.46. The Balaban J connectivity index is 1.62. The van der Waals surface area contributed by atoms with E-state index >= 15 is 0 Å². The van der Waals surface area contributed by atoms with Crippen LogP contribution in [0.3, 0.4) is 0 Å². The fraction of sp³-hybridized carbons (Fsp3) is 0.188. The van der Waals surface area contributed by atoms with Gasteiger partial charge in [-0.1, -0.05) is 0 Å². The predicted octanol–water partition coefficient (Wildman–Crippen LogP) is 2.50. The van der Waals surface area contributed by atoms with Crippen LogP contribution in [0.5, 0.6) is 0 Å². The third-order valence-electron chi connectivity index (χ3n) is 7.08. The van der Waals surface area contributed by atoms with Crippen molar-refractivity contribution in [2.45, 2.75) is 33.9 Å². The third-order valence-corrected chi connectivity index (χ3v) is 11.8. The third kappa shape index (κ3) is 4.60. The van der Waals surface area contributed by atoms with E-state index in [1.807, 2.05) is 28.8 Å². The predicted molar refractivity (Wildman–Crippen MR) is 163 cm³/mol. The van der Waals surface area contributed by atoms with E-state index < -0.39 is 0 Å². The average Bonchev–Trinajstić information content (AvgIpc) is 3.60. The number of nitrogens with zero attached hydrogens (tertiary/aromatic N) is 4. The summed E-state index contributed by atoms with van der Waals surface area (Å²) in [6, 6.07) is 27.6. The average molecular weight is 646 g/mol. The molecule has 7 heteroatoms. The van der Waals surface area contributed by atoms with E-state index in [0.717, 1.165) is 24.3 Å². The number of imidazole rings is 1. The molecule has 0 amide bonds. The first kappa shape index (κ1) is 25.9. The minimum atomic E-state index is 0.0437. The van der Waals surface area contributed by atoms with Gasteiger partial charge in [-0.15, -0.1) is 0 Å². The van der Waals surface area contributed by atoms with Gasteiger partial charge in [0.2, 0.25) is 0 Å². The molecule has 5 nitrogen and oxygen atoms in total. The molecule has 39 heavy (non-hydrogen) atoms. The van der Waals surface area contributed by atoms with Crippen molar-refractivity contribution >= 4 is 61.5 Å². The minimum absolute atomic E-state index is 0.0437. The van der Waals surface area contributed by atoms with Crippen molar-refractivity contribution in [2.24, 2.45) is 0 Å². The summed E-state index contributed by atoms with van der Waals surface area (Å²) >= 11 is 0.389. The monoisotopic (exact) mass is 647 g/mol. The Kier molecular flexibility index (Phi) is 7.33. The summed E-state index contributed by atoms with van der Waals surface area (Å²) in [4.78, 5) is 16.3. The molecule has 2 aromatic heterocycles. The fourth-order valence-corrected chi connectivity index (χ4v) is 10.1. The van der Waals surface area contributed by atoms with Crippen LogP contribution in [0.15, 0.2) is 94.3 Å². The van der Waals surface area contributed by atoms with Crippen molar-refractivity contribution in [2.75, 3.05) is 11.4 Å². The zero-order valence-electron chi connectivity index (χ0n) is 22.4. The molecule has 1 aliphatic heterocycles. The van der Waals surface area contributed by atoms with E-state index in [0.29, 0.717) is 11.9 Å². The SMILES string of the molecule is CCN1C(=CC=c2c(=O)n(CC)/c(=C\c3[se]c4ccccc4[n+]3CC)n2-c2ccccc2)[Se]c2ccccc21. The summed E-state index contributed by atoms with van der Waals surface area (Å²) in [7, 11) is 0. The molecule has 3 heterocycles. The van der Waals surface area contributed by atoms with Crippen molar-refractivity contribution in [1.29, 1.82) is 0 Å². The first-order valence-corrected chi connectivity index (χ1v) is 16.8. The van der Waals surface area contributed by atoms with E-state index in [1.54, 1.807) is 0 Å². The number of hydrogen-bond acceptors (Lipinski definition) is 2. The van der Waals surface area contributed by atoms with Gasteiger partial charge in [0.15, 0.2) is 0 Å². The maximum atomic E-state index is 14.0. The van der Waals surface area contributed by atoms with Gasteiger partial charge in [0.25, 0.3) is 0 Å². The van der Waals surface area contributed by atoms with Crippen LogP contribution in [0.4, 0.5) is 5.69 Å². The first-order chi connectivity index (χ1) is 19.1. The van der Waals surface area contributed by atoms with Gasteiger partial charge < -0.3 is 0 Å². The molecule has 0 N–H and O–H groups in total. The molecule has 0 atom stereocenters. The molecule has 1 aliphatic rings. The van der Waals surface area contributed by atoms with Crippen molar-refractivity contribution < 1.29 is 4.57 Å². The Morgan fingerprint density at radius 3 is 2.36 bits per heavy atom. The van der Waals surface area contributed by atoms with Gasteiger partial charge in [-0.2, -0.15) is 0 Å². The van der Waals surface area contributed by atoms with E-state index in [1.165, 1.54) is 29.1 Å². The van der Waals surface area contributed by atoms with Gasteiger partial charge in [0.1, 0.15) is 0 Å². The number of allylic oxidation sites excluding steroid dienone is 1. The standard InChI is InChI=1S/C32H31N4OSe2/c1-4-33-24-16-10-12-18-27(24)38-30(33)21-20-26-32(37)35(6-3)29(36(26)23-14-8-7-9-15-23)22-31-34(5-2)25-17-11-13-19-28(25)39-31/h7-22H,4-6H2,1-3H3/q+1. The van der Waals surface area contributed by atoms with Crippen LogP contribution in [0.2, 0.25) is 0 Å². The molecule has 196 valence electrons. The van der Waals surface area contributed by atoms with E-state index in [9.17, 15) is 4.79 Å². The second kappa shape index (κ2) is 11.0. The van der Waals surface area contributed by atoms with Crippen molar-refractivity contribution in [3.05, 3.63) is 115 Å². The molecule has 0 aliphatic carbocycles. The van der Waals surface area contributed by atoms with Crippen LogP contribution in [0, 0.1) is 0 Å². The number of anilines is 1. The molecule has 0 fully saturated rings. The molecule has 6 rings (SSSR count). The van der Waals surface area contributed by atoms with Gasteiger partial charge in [0.05, 0.1) is 0 Å². The second-order valence-corrected chi connectivity index (χ2v) is 13.7. The van der Waals surface area contributed by atoms with Gasteiger partial charge in [0, 0.05) is 0 Å².